The number of rotatable bonds is 2. The first-order chi connectivity index (χ1) is 8.76. The van der Waals surface area contributed by atoms with Crippen LogP contribution in [0.5, 0.6) is 0 Å². The molecule has 3 nitrogen and oxygen atoms in total. The van der Waals surface area contributed by atoms with Gasteiger partial charge in [-0.3, -0.25) is 4.79 Å². The monoisotopic (exact) mass is 244 g/mol. The number of hydrogen-bond donors (Lipinski definition) is 0. The highest BCUT2D eigenvalue weighted by atomic mass is 16.2. The summed E-state index contributed by atoms with van der Waals surface area (Å²) in [5.74, 6) is 0.168. The summed E-state index contributed by atoms with van der Waals surface area (Å²) in [5, 5.41) is 8.84. The Morgan fingerprint density at radius 2 is 2.17 bits per heavy atom. The molecule has 0 radical (unpaired) electrons. The molecule has 2 rings (SSSR count). The molecule has 0 bridgehead atoms. The van der Waals surface area contributed by atoms with Gasteiger partial charge in [-0.2, -0.15) is 5.26 Å². The van der Waals surface area contributed by atoms with E-state index in [1.807, 2.05) is 30.9 Å². The molecule has 0 saturated carbocycles. The summed E-state index contributed by atoms with van der Waals surface area (Å²) < 4.78 is 0. The zero-order valence-electron chi connectivity index (χ0n) is 11.3. The van der Waals surface area contributed by atoms with Crippen LogP contribution in [0.4, 0.5) is 5.69 Å². The summed E-state index contributed by atoms with van der Waals surface area (Å²) >= 11 is 0. The number of carbonyl (C=O) groups excluding carboxylic acids is 1. The summed E-state index contributed by atoms with van der Waals surface area (Å²) in [7, 11) is 0. The molecule has 1 fully saturated rings. The predicted octanol–water partition coefficient (Wildman–Crippen LogP) is 3.49. The SMILES string of the molecule is CC.CCC1CCC(=O)N1c1cccc(C#N)c1. The first-order valence-corrected chi connectivity index (χ1v) is 6.58. The number of hydrogen-bond acceptors (Lipinski definition) is 2. The maximum atomic E-state index is 11.8. The maximum Gasteiger partial charge on any atom is 0.227 e. The number of nitrogens with zero attached hydrogens (tertiary/aromatic N) is 2. The van der Waals surface area contributed by atoms with Crippen molar-refractivity contribution in [2.45, 2.75) is 46.1 Å². The third-order valence-corrected chi connectivity index (χ3v) is 3.05. The molecule has 1 amide bonds. The van der Waals surface area contributed by atoms with Crippen LogP contribution in [0.15, 0.2) is 24.3 Å². The highest BCUT2D eigenvalue weighted by molar-refractivity contribution is 5.96. The third kappa shape index (κ3) is 2.89. The molecule has 18 heavy (non-hydrogen) atoms. The van der Waals surface area contributed by atoms with Crippen LogP contribution in [-0.4, -0.2) is 11.9 Å². The number of amides is 1. The summed E-state index contributed by atoms with van der Waals surface area (Å²) in [5.41, 5.74) is 1.46. The van der Waals surface area contributed by atoms with Crippen LogP contribution >= 0.6 is 0 Å². The van der Waals surface area contributed by atoms with E-state index in [9.17, 15) is 4.79 Å². The molecule has 1 aromatic carbocycles. The third-order valence-electron chi connectivity index (χ3n) is 3.05. The lowest BCUT2D eigenvalue weighted by atomic mass is 10.1. The Morgan fingerprint density at radius 3 is 2.78 bits per heavy atom. The van der Waals surface area contributed by atoms with E-state index in [2.05, 4.69) is 13.0 Å². The maximum absolute atomic E-state index is 11.8. The topological polar surface area (TPSA) is 44.1 Å². The molecule has 1 atom stereocenters. The van der Waals surface area contributed by atoms with Crippen molar-refractivity contribution in [3.05, 3.63) is 29.8 Å². The zero-order chi connectivity index (χ0) is 13.5. The molecule has 0 N–H and O–H groups in total. The number of carbonyl (C=O) groups is 1. The Labute approximate surface area is 109 Å². The molecular weight excluding hydrogens is 224 g/mol. The Bertz CT molecular complexity index is 448. The van der Waals surface area contributed by atoms with Crippen molar-refractivity contribution in [1.82, 2.24) is 0 Å². The van der Waals surface area contributed by atoms with Gasteiger partial charge in [0.25, 0.3) is 0 Å². The molecule has 1 unspecified atom stereocenters. The van der Waals surface area contributed by atoms with Crippen LogP contribution in [0.2, 0.25) is 0 Å². The Balaban J connectivity index is 0.000000771. The lowest BCUT2D eigenvalue weighted by Gasteiger charge is -2.23. The Kier molecular flexibility index (Phi) is 5.38. The summed E-state index contributed by atoms with van der Waals surface area (Å²) in [4.78, 5) is 13.6. The van der Waals surface area contributed by atoms with Crippen LogP contribution in [0.1, 0.15) is 45.6 Å². The molecule has 0 aromatic heterocycles. The second-order valence-corrected chi connectivity index (χ2v) is 4.03. The quantitative estimate of drug-likeness (QED) is 0.799. The van der Waals surface area contributed by atoms with Crippen molar-refractivity contribution in [2.75, 3.05) is 4.90 Å². The van der Waals surface area contributed by atoms with Gasteiger partial charge >= 0.3 is 0 Å². The highest BCUT2D eigenvalue weighted by Crippen LogP contribution is 2.28. The molecule has 1 aliphatic heterocycles. The molecule has 1 saturated heterocycles. The average molecular weight is 244 g/mol. The Hall–Kier alpha value is -1.82. The van der Waals surface area contributed by atoms with Crippen molar-refractivity contribution in [2.24, 2.45) is 0 Å². The summed E-state index contributed by atoms with van der Waals surface area (Å²) in [6.07, 6.45) is 2.50. The number of benzene rings is 1. The first kappa shape index (κ1) is 14.2. The minimum atomic E-state index is 0.168. The van der Waals surface area contributed by atoms with Gasteiger partial charge in [0.2, 0.25) is 5.91 Å². The van der Waals surface area contributed by atoms with Crippen LogP contribution in [0.25, 0.3) is 0 Å². The average Bonchev–Trinajstić information content (AvgIpc) is 2.82. The zero-order valence-corrected chi connectivity index (χ0v) is 11.3. The molecule has 1 aliphatic rings. The van der Waals surface area contributed by atoms with Gasteiger partial charge in [-0.15, -0.1) is 0 Å². The fourth-order valence-electron chi connectivity index (χ4n) is 2.21. The molecular formula is C15H20N2O. The van der Waals surface area contributed by atoms with Gasteiger partial charge in [-0.05, 0) is 31.0 Å². The first-order valence-electron chi connectivity index (χ1n) is 6.58. The van der Waals surface area contributed by atoms with E-state index < -0.39 is 0 Å². The van der Waals surface area contributed by atoms with Gasteiger partial charge in [0, 0.05) is 18.2 Å². The molecule has 1 heterocycles. The smallest absolute Gasteiger partial charge is 0.227 e. The molecule has 0 aliphatic carbocycles. The van der Waals surface area contributed by atoms with Crippen LogP contribution in [-0.2, 0) is 4.79 Å². The molecule has 3 heteroatoms. The predicted molar refractivity (Wildman–Crippen MR) is 73.3 cm³/mol. The second kappa shape index (κ2) is 6.80. The van der Waals surface area contributed by atoms with Gasteiger partial charge in [0.05, 0.1) is 11.6 Å². The van der Waals surface area contributed by atoms with E-state index in [-0.39, 0.29) is 5.91 Å². The van der Waals surface area contributed by atoms with Gasteiger partial charge in [-0.25, -0.2) is 0 Å². The molecule has 96 valence electrons. The molecule has 1 aromatic rings. The summed E-state index contributed by atoms with van der Waals surface area (Å²) in [6.45, 7) is 6.09. The van der Waals surface area contributed by atoms with Crippen LogP contribution in [0, 0.1) is 11.3 Å². The van der Waals surface area contributed by atoms with Crippen molar-refractivity contribution in [3.8, 4) is 6.07 Å². The van der Waals surface area contributed by atoms with E-state index >= 15 is 0 Å². The van der Waals surface area contributed by atoms with E-state index in [1.165, 1.54) is 0 Å². The summed E-state index contributed by atoms with van der Waals surface area (Å²) in [6, 6.07) is 9.65. The van der Waals surface area contributed by atoms with Crippen molar-refractivity contribution >= 4 is 11.6 Å². The minimum absolute atomic E-state index is 0.168. The highest BCUT2D eigenvalue weighted by Gasteiger charge is 2.30. The van der Waals surface area contributed by atoms with E-state index in [1.54, 1.807) is 12.1 Å². The van der Waals surface area contributed by atoms with Crippen LogP contribution in [0.3, 0.4) is 0 Å². The minimum Gasteiger partial charge on any atom is -0.309 e. The lowest BCUT2D eigenvalue weighted by Crippen LogP contribution is -2.32. The van der Waals surface area contributed by atoms with Crippen molar-refractivity contribution in [1.29, 1.82) is 5.26 Å². The van der Waals surface area contributed by atoms with Gasteiger partial charge < -0.3 is 4.90 Å². The van der Waals surface area contributed by atoms with Crippen molar-refractivity contribution < 1.29 is 4.79 Å². The van der Waals surface area contributed by atoms with Crippen molar-refractivity contribution in [3.63, 3.8) is 0 Å². The van der Waals surface area contributed by atoms with Gasteiger partial charge in [0.1, 0.15) is 0 Å². The normalized spacial score (nSPS) is 18.0. The van der Waals surface area contributed by atoms with Gasteiger partial charge in [0.15, 0.2) is 0 Å². The number of nitriles is 1. The lowest BCUT2D eigenvalue weighted by molar-refractivity contribution is -0.117. The fourth-order valence-corrected chi connectivity index (χ4v) is 2.21. The van der Waals surface area contributed by atoms with E-state index in [0.717, 1.165) is 18.5 Å². The largest absolute Gasteiger partial charge is 0.309 e. The van der Waals surface area contributed by atoms with E-state index in [4.69, 9.17) is 5.26 Å². The number of anilines is 1. The Morgan fingerprint density at radius 1 is 1.44 bits per heavy atom. The second-order valence-electron chi connectivity index (χ2n) is 4.03. The fraction of sp³-hybridized carbons (Fsp3) is 0.467. The van der Waals surface area contributed by atoms with Crippen LogP contribution < -0.4 is 4.90 Å². The molecule has 0 spiro atoms. The standard InChI is InChI=1S/C13H14N2O.C2H6/c1-2-11-6-7-13(16)15(11)12-5-3-4-10(8-12)9-14;1-2/h3-5,8,11H,2,6-7H2,1H3;1-2H3. The van der Waals surface area contributed by atoms with E-state index in [0.29, 0.717) is 18.0 Å². The van der Waals surface area contributed by atoms with Gasteiger partial charge in [-0.1, -0.05) is 26.8 Å².